The molecule has 7 N–H and O–H groups in total. The van der Waals surface area contributed by atoms with E-state index >= 15 is 0 Å². The zero-order chi connectivity index (χ0) is 30.2. The van der Waals surface area contributed by atoms with Crippen LogP contribution in [0.2, 0.25) is 12.1 Å². The number of alkyl halides is 7. The first-order valence-electron chi connectivity index (χ1n) is 12.8. The van der Waals surface area contributed by atoms with Gasteiger partial charge in [0, 0.05) is 44.8 Å². The maximum atomic E-state index is 13.2. The van der Waals surface area contributed by atoms with Gasteiger partial charge in [0.2, 0.25) is 0 Å². The molecule has 0 saturated heterocycles. The second-order valence-electron chi connectivity index (χ2n) is 9.11. The van der Waals surface area contributed by atoms with E-state index in [4.69, 9.17) is 4.12 Å². The lowest BCUT2D eigenvalue weighted by Crippen LogP contribution is -2.53. The summed E-state index contributed by atoms with van der Waals surface area (Å²) in [6, 6.07) is -0.138. The number of halogens is 8. The Hall–Kier alpha value is -0.706. The monoisotopic (exact) mass is 623 g/mol. The van der Waals surface area contributed by atoms with Crippen LogP contribution >= 0.6 is 0 Å². The normalized spacial score (nSPS) is 14.3. The van der Waals surface area contributed by atoms with Crippen LogP contribution in [-0.2, 0) is 4.12 Å². The summed E-state index contributed by atoms with van der Waals surface area (Å²) in [4.78, 5) is 40.0. The Kier molecular flexibility index (Phi) is 17.6. The highest BCUT2D eigenvalue weighted by atomic mass is 28.5. The zero-order valence-electron chi connectivity index (χ0n) is 21.9. The van der Waals surface area contributed by atoms with E-state index < -0.39 is 48.0 Å². The molecule has 0 radical (unpaired) electrons. The van der Waals surface area contributed by atoms with E-state index in [9.17, 15) is 54.3 Å². The molecule has 0 aliphatic heterocycles. The Labute approximate surface area is 225 Å². The smallest absolute Gasteiger partial charge is 0.390 e. The van der Waals surface area contributed by atoms with Crippen molar-refractivity contribution < 1.29 is 58.4 Å². The standard InChI is InChI=1S/C21H41F8N3O5Si2/c1-2-3-4-5-6-7-16-38(33,34)37-39(35,36)17-8-10-30-12-14-32-15-13-31-11-9-18(22)19(23,24)20(25,26)21(27,28)29/h9,30-36H,2-8,10-17H2,1H3/b18-9-. The van der Waals surface area contributed by atoms with Gasteiger partial charge in [-0.1, -0.05) is 39.0 Å². The van der Waals surface area contributed by atoms with Gasteiger partial charge >= 0.3 is 35.6 Å². The Morgan fingerprint density at radius 1 is 0.692 bits per heavy atom. The van der Waals surface area contributed by atoms with Gasteiger partial charge in [-0.2, -0.15) is 30.7 Å². The van der Waals surface area contributed by atoms with Crippen LogP contribution in [0.3, 0.4) is 0 Å². The van der Waals surface area contributed by atoms with Crippen molar-refractivity contribution in [3.63, 3.8) is 0 Å². The first kappa shape index (κ1) is 38.3. The molecular formula is C21H41F8N3O5Si2. The molecule has 0 rings (SSSR count). The summed E-state index contributed by atoms with van der Waals surface area (Å²) in [5.74, 6) is -15.5. The van der Waals surface area contributed by atoms with Crippen LogP contribution in [0, 0.1) is 0 Å². The maximum absolute atomic E-state index is 13.2. The second kappa shape index (κ2) is 18.0. The van der Waals surface area contributed by atoms with Gasteiger partial charge in [0.05, 0.1) is 0 Å². The highest BCUT2D eigenvalue weighted by Crippen LogP contribution is 2.49. The van der Waals surface area contributed by atoms with Crippen LogP contribution in [0.15, 0.2) is 11.9 Å². The van der Waals surface area contributed by atoms with Crippen LogP contribution in [0.25, 0.3) is 0 Å². The summed E-state index contributed by atoms with van der Waals surface area (Å²) in [6.45, 7) is 2.89. The minimum absolute atomic E-state index is 0.000521. The van der Waals surface area contributed by atoms with Gasteiger partial charge in [-0.15, -0.1) is 0 Å². The quantitative estimate of drug-likeness (QED) is 0.0527. The SMILES string of the molecule is CCCCCCCC[Si](O)(O)O[Si](O)(O)CCCNCCNCCNC/C=C(\F)C(F)(F)C(F)(F)C(F)(F)F. The summed E-state index contributed by atoms with van der Waals surface area (Å²) in [6.07, 6.45) is -0.828. The summed E-state index contributed by atoms with van der Waals surface area (Å²) in [5.41, 5.74) is 0. The highest BCUT2D eigenvalue weighted by molar-refractivity contribution is 6.72. The third-order valence-electron chi connectivity index (χ3n) is 5.47. The average molecular weight is 624 g/mol. The Bertz CT molecular complexity index is 705. The molecule has 0 spiro atoms. The third kappa shape index (κ3) is 15.8. The molecule has 0 amide bonds. The molecule has 234 valence electrons. The molecule has 18 heteroatoms. The lowest BCUT2D eigenvalue weighted by atomic mass is 10.1. The van der Waals surface area contributed by atoms with Crippen molar-refractivity contribution in [2.75, 3.05) is 39.3 Å². The summed E-state index contributed by atoms with van der Waals surface area (Å²) >= 11 is 0. The van der Waals surface area contributed by atoms with E-state index in [0.29, 0.717) is 26.1 Å². The molecule has 0 aromatic rings. The summed E-state index contributed by atoms with van der Waals surface area (Å²) < 4.78 is 106. The molecule has 0 atom stereocenters. The molecule has 0 aliphatic rings. The molecular weight excluding hydrogens is 582 g/mol. The van der Waals surface area contributed by atoms with Gasteiger partial charge < -0.3 is 39.2 Å². The number of hydrogen-bond acceptors (Lipinski definition) is 8. The van der Waals surface area contributed by atoms with Gasteiger partial charge in [0.15, 0.2) is 5.83 Å². The van der Waals surface area contributed by atoms with Gasteiger partial charge in [-0.3, -0.25) is 0 Å². The molecule has 8 nitrogen and oxygen atoms in total. The Morgan fingerprint density at radius 3 is 1.69 bits per heavy atom. The number of nitrogens with one attached hydrogen (secondary N) is 3. The van der Waals surface area contributed by atoms with Gasteiger partial charge in [-0.05, 0) is 25.5 Å². The van der Waals surface area contributed by atoms with Crippen molar-refractivity contribution in [3.8, 4) is 0 Å². The maximum Gasteiger partial charge on any atom is 0.488 e. The molecule has 0 heterocycles. The molecule has 0 unspecified atom stereocenters. The van der Waals surface area contributed by atoms with Gasteiger partial charge in [0.1, 0.15) is 0 Å². The van der Waals surface area contributed by atoms with E-state index in [0.717, 1.165) is 32.1 Å². The number of allylic oxidation sites excluding steroid dienone is 1. The lowest BCUT2D eigenvalue weighted by molar-refractivity contribution is -0.347. The Balaban J connectivity index is 3.96. The fourth-order valence-electron chi connectivity index (χ4n) is 3.27. The van der Waals surface area contributed by atoms with Crippen molar-refractivity contribution in [3.05, 3.63) is 11.9 Å². The van der Waals surface area contributed by atoms with Crippen LogP contribution in [0.1, 0.15) is 51.9 Å². The molecule has 0 aromatic carbocycles. The van der Waals surface area contributed by atoms with Crippen molar-refractivity contribution in [1.29, 1.82) is 0 Å². The average Bonchev–Trinajstić information content (AvgIpc) is 2.80. The van der Waals surface area contributed by atoms with E-state index in [1.807, 2.05) is 0 Å². The molecule has 0 fully saturated rings. The van der Waals surface area contributed by atoms with E-state index in [1.54, 1.807) is 0 Å². The summed E-state index contributed by atoms with van der Waals surface area (Å²) in [5, 5.41) is 8.26. The first-order chi connectivity index (χ1) is 17.9. The highest BCUT2D eigenvalue weighted by Gasteiger charge is 2.74. The van der Waals surface area contributed by atoms with Crippen molar-refractivity contribution in [2.24, 2.45) is 0 Å². The minimum atomic E-state index is -6.61. The van der Waals surface area contributed by atoms with Gasteiger partial charge in [-0.25, -0.2) is 4.39 Å². The zero-order valence-corrected chi connectivity index (χ0v) is 23.9. The lowest BCUT2D eigenvalue weighted by Gasteiger charge is -2.26. The van der Waals surface area contributed by atoms with Crippen LogP contribution < -0.4 is 16.0 Å². The molecule has 0 aromatic heterocycles. The fraction of sp³-hybridized carbons (Fsp3) is 0.905. The number of hydrogen-bond donors (Lipinski definition) is 7. The predicted octanol–water partition coefficient (Wildman–Crippen LogP) is 3.06. The number of rotatable bonds is 23. The molecule has 0 aliphatic carbocycles. The van der Waals surface area contributed by atoms with Crippen LogP contribution in [0.4, 0.5) is 35.1 Å². The van der Waals surface area contributed by atoms with Crippen molar-refractivity contribution in [2.45, 2.75) is 82.0 Å². The second-order valence-corrected chi connectivity index (χ2v) is 13.9. The van der Waals surface area contributed by atoms with Crippen molar-refractivity contribution in [1.82, 2.24) is 16.0 Å². The summed E-state index contributed by atoms with van der Waals surface area (Å²) in [7, 11) is -8.39. The van der Waals surface area contributed by atoms with E-state index in [1.165, 1.54) is 0 Å². The first-order valence-corrected chi connectivity index (χ1v) is 16.8. The molecule has 39 heavy (non-hydrogen) atoms. The minimum Gasteiger partial charge on any atom is -0.390 e. The number of unbranched alkanes of at least 4 members (excludes halogenated alkanes) is 5. The van der Waals surface area contributed by atoms with E-state index in [2.05, 4.69) is 22.9 Å². The van der Waals surface area contributed by atoms with Crippen LogP contribution in [0.5, 0.6) is 0 Å². The molecule has 0 saturated carbocycles. The van der Waals surface area contributed by atoms with Crippen molar-refractivity contribution >= 4 is 17.6 Å². The fourth-order valence-corrected chi connectivity index (χ4v) is 7.53. The van der Waals surface area contributed by atoms with Gasteiger partial charge in [0.25, 0.3) is 0 Å². The largest absolute Gasteiger partial charge is 0.488 e. The van der Waals surface area contributed by atoms with E-state index in [-0.39, 0.29) is 37.7 Å². The Morgan fingerprint density at radius 2 is 1.15 bits per heavy atom. The predicted molar refractivity (Wildman–Crippen MR) is 133 cm³/mol. The van der Waals surface area contributed by atoms with Crippen LogP contribution in [-0.4, -0.2) is 94.1 Å². The third-order valence-corrected chi connectivity index (χ3v) is 10.1. The molecule has 0 bridgehead atoms. The topological polar surface area (TPSA) is 126 Å².